The highest BCUT2D eigenvalue weighted by molar-refractivity contribution is 5.92. The van der Waals surface area contributed by atoms with Gasteiger partial charge in [-0.15, -0.1) is 0 Å². The van der Waals surface area contributed by atoms with Gasteiger partial charge in [-0.05, 0) is 37.3 Å². The van der Waals surface area contributed by atoms with Gasteiger partial charge >= 0.3 is 6.03 Å². The van der Waals surface area contributed by atoms with Gasteiger partial charge in [-0.1, -0.05) is 43.2 Å². The minimum atomic E-state index is -0.338. The standard InChI is InChI=1S/C22H27N5O2/c1-15(17-9-3-2-4-10-17)24-22(29)26-20-11-18-12-23-27(13-16-7-5-6-8-16)21(18)19(14-28)25-20/h2-4,9-12,15-16,28H,5-8,13-14H2,1H3,(H2,24,25,26,29)/t15-/m1/s1. The lowest BCUT2D eigenvalue weighted by Gasteiger charge is -2.15. The summed E-state index contributed by atoms with van der Waals surface area (Å²) in [5, 5.41) is 20.9. The second-order valence-electron chi connectivity index (χ2n) is 7.76. The van der Waals surface area contributed by atoms with E-state index in [9.17, 15) is 9.90 Å². The summed E-state index contributed by atoms with van der Waals surface area (Å²) in [6.45, 7) is 2.57. The summed E-state index contributed by atoms with van der Waals surface area (Å²) in [4.78, 5) is 16.9. The number of anilines is 1. The molecule has 1 aromatic carbocycles. The van der Waals surface area contributed by atoms with Crippen molar-refractivity contribution < 1.29 is 9.90 Å². The van der Waals surface area contributed by atoms with Crippen LogP contribution in [-0.4, -0.2) is 25.9 Å². The number of aliphatic hydroxyl groups is 1. The fourth-order valence-corrected chi connectivity index (χ4v) is 4.12. The quantitative estimate of drug-likeness (QED) is 0.590. The van der Waals surface area contributed by atoms with Gasteiger partial charge in [-0.2, -0.15) is 5.10 Å². The van der Waals surface area contributed by atoms with E-state index in [1.807, 2.05) is 41.9 Å². The van der Waals surface area contributed by atoms with Gasteiger partial charge in [0.25, 0.3) is 0 Å². The fourth-order valence-electron chi connectivity index (χ4n) is 4.12. The summed E-state index contributed by atoms with van der Waals surface area (Å²) >= 11 is 0. The van der Waals surface area contributed by atoms with Crippen LogP contribution >= 0.6 is 0 Å². The number of aromatic nitrogens is 3. The number of fused-ring (bicyclic) bond motifs is 1. The van der Waals surface area contributed by atoms with Gasteiger partial charge in [0.1, 0.15) is 5.82 Å². The Hall–Kier alpha value is -2.93. The molecule has 0 unspecified atom stereocenters. The molecule has 1 atom stereocenters. The molecule has 1 fully saturated rings. The van der Waals surface area contributed by atoms with Crippen molar-refractivity contribution in [1.29, 1.82) is 0 Å². The number of nitrogens with one attached hydrogen (secondary N) is 2. The maximum absolute atomic E-state index is 12.4. The van der Waals surface area contributed by atoms with Crippen LogP contribution in [0.4, 0.5) is 10.6 Å². The van der Waals surface area contributed by atoms with E-state index in [1.165, 1.54) is 25.7 Å². The normalized spacial score (nSPS) is 15.5. The highest BCUT2D eigenvalue weighted by Crippen LogP contribution is 2.28. The predicted molar refractivity (Wildman–Crippen MR) is 112 cm³/mol. The molecule has 0 bridgehead atoms. The third-order valence-corrected chi connectivity index (χ3v) is 5.63. The topological polar surface area (TPSA) is 92.1 Å². The first-order valence-electron chi connectivity index (χ1n) is 10.2. The number of pyridine rings is 1. The van der Waals surface area contributed by atoms with E-state index in [2.05, 4.69) is 20.7 Å². The molecule has 2 amide bonds. The zero-order chi connectivity index (χ0) is 20.2. The molecule has 4 rings (SSSR count). The molecule has 0 radical (unpaired) electrons. The van der Waals surface area contributed by atoms with E-state index >= 15 is 0 Å². The zero-order valence-electron chi connectivity index (χ0n) is 16.6. The van der Waals surface area contributed by atoms with Gasteiger partial charge in [-0.3, -0.25) is 10.00 Å². The van der Waals surface area contributed by atoms with E-state index in [1.54, 1.807) is 12.3 Å². The van der Waals surface area contributed by atoms with Crippen LogP contribution in [0, 0.1) is 5.92 Å². The van der Waals surface area contributed by atoms with Crippen LogP contribution in [-0.2, 0) is 13.2 Å². The summed E-state index contributed by atoms with van der Waals surface area (Å²) < 4.78 is 1.95. The predicted octanol–water partition coefficient (Wildman–Crippen LogP) is 4.00. The third-order valence-electron chi connectivity index (χ3n) is 5.63. The largest absolute Gasteiger partial charge is 0.390 e. The molecule has 2 aromatic heterocycles. The maximum Gasteiger partial charge on any atom is 0.320 e. The monoisotopic (exact) mass is 393 g/mol. The maximum atomic E-state index is 12.4. The van der Waals surface area contributed by atoms with E-state index in [-0.39, 0.29) is 18.7 Å². The molecule has 0 saturated heterocycles. The van der Waals surface area contributed by atoms with Gasteiger partial charge in [-0.25, -0.2) is 9.78 Å². The van der Waals surface area contributed by atoms with E-state index in [0.29, 0.717) is 17.4 Å². The van der Waals surface area contributed by atoms with Crippen LogP contribution in [0.25, 0.3) is 10.9 Å². The van der Waals surface area contributed by atoms with Crippen molar-refractivity contribution in [2.75, 3.05) is 5.32 Å². The Morgan fingerprint density at radius 1 is 1.28 bits per heavy atom. The number of amides is 2. The van der Waals surface area contributed by atoms with Gasteiger partial charge in [0.2, 0.25) is 0 Å². The molecule has 0 aliphatic heterocycles. The lowest BCUT2D eigenvalue weighted by Crippen LogP contribution is -2.31. The molecular formula is C22H27N5O2. The Morgan fingerprint density at radius 3 is 2.76 bits per heavy atom. The highest BCUT2D eigenvalue weighted by atomic mass is 16.3. The molecule has 7 heteroatoms. The summed E-state index contributed by atoms with van der Waals surface area (Å²) in [5.74, 6) is 1.03. The molecule has 1 aliphatic rings. The van der Waals surface area contributed by atoms with Crippen LogP contribution in [0.15, 0.2) is 42.6 Å². The lowest BCUT2D eigenvalue weighted by atomic mass is 10.1. The van der Waals surface area contributed by atoms with E-state index in [0.717, 1.165) is 23.0 Å². The molecule has 3 N–H and O–H groups in total. The molecular weight excluding hydrogens is 366 g/mol. The molecule has 152 valence electrons. The minimum absolute atomic E-state index is 0.133. The smallest absolute Gasteiger partial charge is 0.320 e. The van der Waals surface area contributed by atoms with Crippen LogP contribution in [0.5, 0.6) is 0 Å². The summed E-state index contributed by atoms with van der Waals surface area (Å²) in [7, 11) is 0. The Kier molecular flexibility index (Phi) is 5.76. The first kappa shape index (κ1) is 19.4. The van der Waals surface area contributed by atoms with Crippen LogP contribution in [0.1, 0.15) is 49.9 Å². The van der Waals surface area contributed by atoms with Crippen LogP contribution in [0.3, 0.4) is 0 Å². The van der Waals surface area contributed by atoms with Gasteiger partial charge in [0.15, 0.2) is 0 Å². The highest BCUT2D eigenvalue weighted by Gasteiger charge is 2.19. The zero-order valence-corrected chi connectivity index (χ0v) is 16.6. The first-order chi connectivity index (χ1) is 14.1. The number of hydrogen-bond donors (Lipinski definition) is 3. The molecule has 29 heavy (non-hydrogen) atoms. The number of rotatable bonds is 6. The minimum Gasteiger partial charge on any atom is -0.390 e. The molecule has 3 aromatic rings. The number of hydrogen-bond acceptors (Lipinski definition) is 4. The number of carbonyl (C=O) groups excluding carboxylic acids is 1. The third kappa shape index (κ3) is 4.40. The number of carbonyl (C=O) groups is 1. The van der Waals surface area contributed by atoms with Crippen molar-refractivity contribution in [2.45, 2.75) is 51.8 Å². The number of nitrogens with zero attached hydrogens (tertiary/aromatic N) is 3. The van der Waals surface area contributed by atoms with Crippen LogP contribution < -0.4 is 10.6 Å². The number of benzene rings is 1. The van der Waals surface area contributed by atoms with Crippen LogP contribution in [0.2, 0.25) is 0 Å². The van der Waals surface area contributed by atoms with Gasteiger partial charge in [0, 0.05) is 11.9 Å². The van der Waals surface area contributed by atoms with E-state index < -0.39 is 0 Å². The molecule has 0 spiro atoms. The second-order valence-corrected chi connectivity index (χ2v) is 7.76. The van der Waals surface area contributed by atoms with E-state index in [4.69, 9.17) is 0 Å². The van der Waals surface area contributed by atoms with Crippen molar-refractivity contribution in [3.05, 3.63) is 53.9 Å². The first-order valence-corrected chi connectivity index (χ1v) is 10.2. The SMILES string of the molecule is C[C@@H](NC(=O)Nc1cc2cnn(CC3CCCC3)c2c(CO)n1)c1ccccc1. The van der Waals surface area contributed by atoms with Crippen molar-refractivity contribution in [1.82, 2.24) is 20.1 Å². The van der Waals surface area contributed by atoms with Crippen molar-refractivity contribution in [2.24, 2.45) is 5.92 Å². The summed E-state index contributed by atoms with van der Waals surface area (Å²) in [6.07, 6.45) is 6.78. The van der Waals surface area contributed by atoms with Gasteiger partial charge < -0.3 is 10.4 Å². The second kappa shape index (κ2) is 8.61. The molecule has 2 heterocycles. The number of urea groups is 1. The van der Waals surface area contributed by atoms with Crippen molar-refractivity contribution in [3.8, 4) is 0 Å². The Labute approximate surface area is 170 Å². The molecule has 1 aliphatic carbocycles. The van der Waals surface area contributed by atoms with Gasteiger partial charge in [0.05, 0.1) is 30.1 Å². The summed E-state index contributed by atoms with van der Waals surface area (Å²) in [6, 6.07) is 11.1. The van der Waals surface area contributed by atoms with Crippen molar-refractivity contribution >= 4 is 22.8 Å². The lowest BCUT2D eigenvalue weighted by molar-refractivity contribution is 0.249. The Balaban J connectivity index is 1.50. The Morgan fingerprint density at radius 2 is 2.03 bits per heavy atom. The van der Waals surface area contributed by atoms with Crippen molar-refractivity contribution in [3.63, 3.8) is 0 Å². The molecule has 7 nitrogen and oxygen atoms in total. The molecule has 1 saturated carbocycles. The summed E-state index contributed by atoms with van der Waals surface area (Å²) in [5.41, 5.74) is 2.41. The average molecular weight is 393 g/mol. The Bertz CT molecular complexity index is 980. The number of aliphatic hydroxyl groups excluding tert-OH is 1. The fraction of sp³-hybridized carbons (Fsp3) is 0.409. The average Bonchev–Trinajstić information content (AvgIpc) is 3.38.